The third-order valence-electron chi connectivity index (χ3n) is 16.2. The summed E-state index contributed by atoms with van der Waals surface area (Å²) in [6.07, 6.45) is 19.9. The summed E-state index contributed by atoms with van der Waals surface area (Å²) in [7, 11) is 1.32. The van der Waals surface area contributed by atoms with Gasteiger partial charge in [0.1, 0.15) is 17.7 Å². The van der Waals surface area contributed by atoms with E-state index in [1.54, 1.807) is 16.7 Å². The van der Waals surface area contributed by atoms with Gasteiger partial charge in [-0.15, -0.1) is 0 Å². The van der Waals surface area contributed by atoms with Gasteiger partial charge in [-0.05, 0) is 151 Å². The van der Waals surface area contributed by atoms with Gasteiger partial charge in [-0.3, -0.25) is 9.59 Å². The van der Waals surface area contributed by atoms with Crippen molar-refractivity contribution in [1.82, 2.24) is 35.1 Å². The number of amides is 3. The topological polar surface area (TPSA) is 162 Å². The van der Waals surface area contributed by atoms with Gasteiger partial charge in [-0.1, -0.05) is 64.1 Å². The van der Waals surface area contributed by atoms with Crippen LogP contribution in [0.15, 0.2) is 71.1 Å². The van der Waals surface area contributed by atoms with Crippen LogP contribution >= 0.6 is 0 Å². The third-order valence-corrected chi connectivity index (χ3v) is 16.2. The molecule has 8 aliphatic rings. The minimum atomic E-state index is -0.655. The molecule has 0 radical (unpaired) electrons. The lowest BCUT2D eigenvalue weighted by atomic mass is 9.73. The van der Waals surface area contributed by atoms with Crippen molar-refractivity contribution in [3.63, 3.8) is 0 Å². The molecule has 2 bridgehead atoms. The van der Waals surface area contributed by atoms with E-state index in [9.17, 15) is 14.4 Å². The van der Waals surface area contributed by atoms with Gasteiger partial charge in [0.25, 0.3) is 0 Å². The highest BCUT2D eigenvalue weighted by Crippen LogP contribution is 2.60. The molecule has 4 heterocycles. The summed E-state index contributed by atoms with van der Waals surface area (Å²) in [5.41, 5.74) is 20.0. The molecule has 10 atom stereocenters. The van der Waals surface area contributed by atoms with Crippen LogP contribution in [0, 0.1) is 35.5 Å². The zero-order chi connectivity index (χ0) is 43.4. The van der Waals surface area contributed by atoms with Crippen LogP contribution in [0.1, 0.15) is 133 Å². The van der Waals surface area contributed by atoms with Crippen molar-refractivity contribution in [2.45, 2.75) is 135 Å². The van der Waals surface area contributed by atoms with Crippen molar-refractivity contribution in [3.8, 4) is 11.3 Å². The van der Waals surface area contributed by atoms with Crippen molar-refractivity contribution in [2.75, 3.05) is 7.11 Å². The minimum absolute atomic E-state index is 0.0177. The largest absolute Gasteiger partial charge is 0.453 e. The number of ether oxygens (including phenoxy) is 1. The molecule has 2 aromatic heterocycles. The molecule has 2 aliphatic heterocycles. The highest BCUT2D eigenvalue weighted by Gasteiger charge is 2.57. The molecular formula is C51H62N8O4. The number of nitrogens with two attached hydrogens (primary N) is 1. The number of likely N-dealkylation sites (tertiary alicyclic amines) is 2. The summed E-state index contributed by atoms with van der Waals surface area (Å²) in [5, 5.41) is 2.77. The van der Waals surface area contributed by atoms with E-state index in [0.717, 1.165) is 80.0 Å². The van der Waals surface area contributed by atoms with Gasteiger partial charge in [0, 0.05) is 12.1 Å². The number of allylic oxidation sites excluding steroid dienone is 8. The standard InChI is InChI=1S/C51H62N8O4/c1-25(2)45(52)49(60)58-39-19-33(39)21-41(58)47-53-23-37(55-47)29-10-6-27(7-11-29)35-16-17-36(44-32-15-14-31(18-32)43(35)44)28-8-12-30(13-9-28)38-24-54-48(56-38)42-22-34-20-40(34)59(42)50(61)46(26(3)4)57-51(62)63-5/h6,8-10,12-13,23-26,31-34,39-42,45-46H,7,11,14-22,52H2,1-5H3,(H,53,55)(H,54,56)(H,57,62). The Bertz CT molecular complexity index is 2490. The number of hydrogen-bond acceptors (Lipinski definition) is 7. The number of rotatable bonds is 11. The van der Waals surface area contributed by atoms with Crippen molar-refractivity contribution in [3.05, 3.63) is 94.0 Å². The van der Waals surface area contributed by atoms with E-state index in [-0.39, 0.29) is 41.8 Å². The molecule has 1 aromatic carbocycles. The minimum Gasteiger partial charge on any atom is -0.453 e. The summed E-state index contributed by atoms with van der Waals surface area (Å²) in [6, 6.07) is 8.26. The second-order valence-electron chi connectivity index (χ2n) is 20.6. The number of fused-ring (bicyclic) bond motifs is 7. The van der Waals surface area contributed by atoms with Gasteiger partial charge >= 0.3 is 6.09 Å². The maximum atomic E-state index is 13.9. The number of piperidine rings is 2. The third kappa shape index (κ3) is 6.93. The predicted molar refractivity (Wildman–Crippen MR) is 241 cm³/mol. The lowest BCUT2D eigenvalue weighted by molar-refractivity contribution is -0.137. The van der Waals surface area contributed by atoms with Gasteiger partial charge in [0.05, 0.1) is 49.0 Å². The van der Waals surface area contributed by atoms with Crippen LogP contribution in [0.4, 0.5) is 4.79 Å². The first kappa shape index (κ1) is 40.5. The van der Waals surface area contributed by atoms with Gasteiger partial charge < -0.3 is 35.6 Å². The Morgan fingerprint density at radius 2 is 1.25 bits per heavy atom. The Morgan fingerprint density at radius 3 is 1.86 bits per heavy atom. The number of carbonyl (C=O) groups excluding carboxylic acids is 3. The van der Waals surface area contributed by atoms with Crippen LogP contribution in [0.3, 0.4) is 0 Å². The molecule has 10 unspecified atom stereocenters. The molecular weight excluding hydrogens is 789 g/mol. The van der Waals surface area contributed by atoms with E-state index in [0.29, 0.717) is 29.7 Å². The Balaban J connectivity index is 0.807. The maximum absolute atomic E-state index is 13.9. The fraction of sp³-hybridized carbons (Fsp3) is 0.549. The maximum Gasteiger partial charge on any atom is 0.407 e. The monoisotopic (exact) mass is 850 g/mol. The van der Waals surface area contributed by atoms with E-state index >= 15 is 0 Å². The van der Waals surface area contributed by atoms with Gasteiger partial charge in [-0.25, -0.2) is 14.8 Å². The van der Waals surface area contributed by atoms with E-state index in [2.05, 4.69) is 56.6 Å². The Kier molecular flexibility index (Phi) is 9.97. The van der Waals surface area contributed by atoms with Crippen molar-refractivity contribution in [1.29, 1.82) is 0 Å². The fourth-order valence-electron chi connectivity index (χ4n) is 12.6. The number of aromatic amines is 2. The smallest absolute Gasteiger partial charge is 0.407 e. The van der Waals surface area contributed by atoms with Gasteiger partial charge in [-0.2, -0.15) is 0 Å². The Hall–Kier alpha value is -5.23. The number of benzene rings is 1. The van der Waals surface area contributed by atoms with Crippen molar-refractivity contribution in [2.24, 2.45) is 41.2 Å². The first-order valence-electron chi connectivity index (χ1n) is 23.8. The number of nitrogens with one attached hydrogen (secondary N) is 3. The van der Waals surface area contributed by atoms with E-state index < -0.39 is 18.2 Å². The molecule has 6 fully saturated rings. The van der Waals surface area contributed by atoms with Crippen LogP contribution < -0.4 is 11.1 Å². The van der Waals surface area contributed by atoms with Crippen LogP contribution in [-0.2, 0) is 14.3 Å². The molecule has 3 amide bonds. The first-order chi connectivity index (χ1) is 30.5. The number of H-pyrrole nitrogens is 2. The Labute approximate surface area is 370 Å². The quantitative estimate of drug-likeness (QED) is 0.150. The zero-order valence-electron chi connectivity index (χ0n) is 37.3. The van der Waals surface area contributed by atoms with Crippen LogP contribution in [-0.4, -0.2) is 78.9 Å². The van der Waals surface area contributed by atoms with Gasteiger partial charge in [0.15, 0.2) is 0 Å². The van der Waals surface area contributed by atoms with Crippen LogP contribution in [0.2, 0.25) is 0 Å². The predicted octanol–water partition coefficient (Wildman–Crippen LogP) is 8.57. The molecule has 5 N–H and O–H groups in total. The molecule has 2 saturated heterocycles. The molecule has 3 aromatic rings. The zero-order valence-corrected chi connectivity index (χ0v) is 37.3. The number of alkyl carbamates (subject to hydrolysis) is 1. The molecule has 330 valence electrons. The summed E-state index contributed by atoms with van der Waals surface area (Å²) in [5.74, 6) is 4.07. The summed E-state index contributed by atoms with van der Waals surface area (Å²) in [6.45, 7) is 7.94. The summed E-state index contributed by atoms with van der Waals surface area (Å²) >= 11 is 0. The number of carbonyl (C=O) groups is 3. The Morgan fingerprint density at radius 1 is 0.698 bits per heavy atom. The second kappa shape index (κ2) is 15.5. The molecule has 11 rings (SSSR count). The lowest BCUT2D eigenvalue weighted by Gasteiger charge is -2.32. The molecule has 0 spiro atoms. The van der Waals surface area contributed by atoms with Crippen LogP contribution in [0.25, 0.3) is 22.4 Å². The lowest BCUT2D eigenvalue weighted by Crippen LogP contribution is -2.52. The summed E-state index contributed by atoms with van der Waals surface area (Å²) in [4.78, 5) is 60.4. The van der Waals surface area contributed by atoms with Crippen molar-refractivity contribution < 1.29 is 19.1 Å². The normalized spacial score (nSPS) is 30.0. The second-order valence-corrected chi connectivity index (χ2v) is 20.6. The number of imidazole rings is 2. The summed E-state index contributed by atoms with van der Waals surface area (Å²) < 4.78 is 4.84. The van der Waals surface area contributed by atoms with Crippen LogP contribution in [0.5, 0.6) is 0 Å². The number of nitrogens with zero attached hydrogens (tertiary/aromatic N) is 4. The molecule has 12 heteroatoms. The fourth-order valence-corrected chi connectivity index (χ4v) is 12.6. The average molecular weight is 851 g/mol. The average Bonchev–Trinajstić information content (AvgIpc) is 3.76. The first-order valence-corrected chi connectivity index (χ1v) is 23.8. The number of aromatic nitrogens is 4. The number of hydrogen-bond donors (Lipinski definition) is 4. The van der Waals surface area contributed by atoms with Gasteiger partial charge in [0.2, 0.25) is 11.8 Å². The molecule has 12 nitrogen and oxygen atoms in total. The SMILES string of the molecule is COC(=O)NC(C(=O)N1C(c2ncc(-c3ccc(C4=C5C(=C(C6=CC=C(c7cnc(C8CC9CC9N8C(=O)C(N)C(C)C)[nH]7)CC6)CC4)C4CCC5C4)cc3)[nH]2)CC2CC21)C(C)C. The van der Waals surface area contributed by atoms with E-state index in [4.69, 9.17) is 20.4 Å². The van der Waals surface area contributed by atoms with E-state index in [1.807, 2.05) is 45.0 Å². The highest BCUT2D eigenvalue weighted by molar-refractivity contribution is 5.87. The molecule has 6 aliphatic carbocycles. The molecule has 4 saturated carbocycles. The highest BCUT2D eigenvalue weighted by atomic mass is 16.5. The molecule has 63 heavy (non-hydrogen) atoms. The number of methoxy groups -OCH3 is 1. The van der Waals surface area contributed by atoms with Crippen molar-refractivity contribution >= 4 is 29.1 Å². The van der Waals surface area contributed by atoms with E-state index in [1.165, 1.54) is 48.7 Å².